The van der Waals surface area contributed by atoms with E-state index in [0.717, 1.165) is 17.5 Å². The summed E-state index contributed by atoms with van der Waals surface area (Å²) in [4.78, 5) is 18.4. The zero-order valence-electron chi connectivity index (χ0n) is 11.1. The molecule has 5 nitrogen and oxygen atoms in total. The van der Waals surface area contributed by atoms with Crippen molar-refractivity contribution in [1.29, 1.82) is 0 Å². The number of piperidine rings is 3. The molecule has 4 rings (SSSR count). The average Bonchev–Trinajstić information content (AvgIpc) is 2.89. The zero-order valence-corrected chi connectivity index (χ0v) is 11.9. The molecule has 104 valence electrons. The number of ether oxygens (including phenoxy) is 1. The number of fused-ring (bicyclic) bond motifs is 3. The van der Waals surface area contributed by atoms with Crippen LogP contribution in [0.15, 0.2) is 5.51 Å². The Bertz CT molecular complexity index is 454. The minimum absolute atomic E-state index is 0.326. The van der Waals surface area contributed by atoms with Gasteiger partial charge in [0, 0.05) is 12.6 Å². The van der Waals surface area contributed by atoms with Crippen LogP contribution in [0.3, 0.4) is 0 Å². The van der Waals surface area contributed by atoms with Crippen LogP contribution in [0.1, 0.15) is 30.3 Å². The molecule has 0 spiro atoms. The number of hydrogen-bond acceptors (Lipinski definition) is 6. The first-order valence-electron chi connectivity index (χ1n) is 6.87. The molecule has 0 saturated carbocycles. The lowest BCUT2D eigenvalue weighted by molar-refractivity contribution is 0.0521. The highest BCUT2D eigenvalue weighted by molar-refractivity contribution is 7.14. The van der Waals surface area contributed by atoms with Crippen LogP contribution < -0.4 is 5.32 Å². The summed E-state index contributed by atoms with van der Waals surface area (Å²) >= 11 is 1.48. The Morgan fingerprint density at radius 1 is 1.58 bits per heavy atom. The second kappa shape index (κ2) is 5.46. The quantitative estimate of drug-likeness (QED) is 0.853. The molecule has 1 atom stereocenters. The number of nitrogens with one attached hydrogen (secondary N) is 1. The first-order chi connectivity index (χ1) is 9.28. The topological polar surface area (TPSA) is 54.5 Å². The van der Waals surface area contributed by atoms with E-state index in [2.05, 4.69) is 15.2 Å². The van der Waals surface area contributed by atoms with Crippen LogP contribution in [-0.4, -0.2) is 48.1 Å². The van der Waals surface area contributed by atoms with Crippen LogP contribution in [0.4, 0.5) is 5.00 Å². The number of nitrogens with zero attached hydrogens (tertiary/aromatic N) is 2. The molecular weight excluding hydrogens is 262 g/mol. The fourth-order valence-electron chi connectivity index (χ4n) is 2.99. The van der Waals surface area contributed by atoms with Gasteiger partial charge in [-0.05, 0) is 38.8 Å². The molecule has 3 fully saturated rings. The Hall–Kier alpha value is -1.14. The highest BCUT2D eigenvalue weighted by Gasteiger charge is 2.34. The number of hydrogen-bond donors (Lipinski definition) is 1. The van der Waals surface area contributed by atoms with E-state index in [0.29, 0.717) is 18.3 Å². The monoisotopic (exact) mass is 281 g/mol. The van der Waals surface area contributed by atoms with Crippen LogP contribution in [0, 0.1) is 5.92 Å². The van der Waals surface area contributed by atoms with Gasteiger partial charge in [0.15, 0.2) is 5.69 Å². The average molecular weight is 281 g/mol. The van der Waals surface area contributed by atoms with Crippen molar-refractivity contribution in [2.24, 2.45) is 5.92 Å². The number of carbonyl (C=O) groups is 1. The maximum absolute atomic E-state index is 11.8. The van der Waals surface area contributed by atoms with Gasteiger partial charge < -0.3 is 15.0 Å². The molecule has 4 heterocycles. The van der Waals surface area contributed by atoms with Crippen molar-refractivity contribution in [3.8, 4) is 0 Å². The second-order valence-corrected chi connectivity index (χ2v) is 5.99. The van der Waals surface area contributed by atoms with Gasteiger partial charge in [-0.2, -0.15) is 0 Å². The minimum Gasteiger partial charge on any atom is -0.461 e. The van der Waals surface area contributed by atoms with Crippen molar-refractivity contribution >= 4 is 22.3 Å². The molecule has 1 N–H and O–H groups in total. The van der Waals surface area contributed by atoms with Gasteiger partial charge in [-0.1, -0.05) is 0 Å². The van der Waals surface area contributed by atoms with Crippen LogP contribution in [0.25, 0.3) is 0 Å². The Morgan fingerprint density at radius 2 is 2.37 bits per heavy atom. The maximum Gasteiger partial charge on any atom is 0.360 e. The van der Waals surface area contributed by atoms with E-state index in [4.69, 9.17) is 4.74 Å². The molecule has 6 heteroatoms. The summed E-state index contributed by atoms with van der Waals surface area (Å²) < 4.78 is 5.03. The number of carbonyl (C=O) groups excluding carboxylic acids is 1. The fraction of sp³-hybridized carbons (Fsp3) is 0.692. The Morgan fingerprint density at radius 3 is 3.00 bits per heavy atom. The molecule has 1 unspecified atom stereocenters. The van der Waals surface area contributed by atoms with Gasteiger partial charge in [-0.25, -0.2) is 9.78 Å². The number of anilines is 1. The lowest BCUT2D eigenvalue weighted by atomic mass is 9.84. The predicted molar refractivity (Wildman–Crippen MR) is 74.6 cm³/mol. The van der Waals surface area contributed by atoms with Crippen molar-refractivity contribution in [3.05, 3.63) is 11.2 Å². The zero-order chi connectivity index (χ0) is 13.2. The van der Waals surface area contributed by atoms with Gasteiger partial charge in [0.05, 0.1) is 12.1 Å². The van der Waals surface area contributed by atoms with Gasteiger partial charge in [-0.15, -0.1) is 11.3 Å². The molecule has 19 heavy (non-hydrogen) atoms. The summed E-state index contributed by atoms with van der Waals surface area (Å²) in [6.45, 7) is 5.71. The second-order valence-electron chi connectivity index (χ2n) is 5.14. The van der Waals surface area contributed by atoms with Gasteiger partial charge in [0.1, 0.15) is 5.00 Å². The normalized spacial score (nSPS) is 29.2. The highest BCUT2D eigenvalue weighted by atomic mass is 32.1. The molecule has 3 aliphatic heterocycles. The molecule has 0 radical (unpaired) electrons. The molecule has 2 bridgehead atoms. The summed E-state index contributed by atoms with van der Waals surface area (Å²) in [5, 5.41) is 4.37. The smallest absolute Gasteiger partial charge is 0.360 e. The number of aromatic nitrogens is 1. The largest absolute Gasteiger partial charge is 0.461 e. The minimum atomic E-state index is -0.326. The van der Waals surface area contributed by atoms with Crippen molar-refractivity contribution < 1.29 is 9.53 Å². The van der Waals surface area contributed by atoms with E-state index in [1.54, 1.807) is 5.51 Å². The highest BCUT2D eigenvalue weighted by Crippen LogP contribution is 2.31. The molecule has 1 aromatic heterocycles. The summed E-state index contributed by atoms with van der Waals surface area (Å²) in [7, 11) is 0. The third kappa shape index (κ3) is 2.60. The van der Waals surface area contributed by atoms with Crippen molar-refractivity contribution in [2.45, 2.75) is 25.8 Å². The lowest BCUT2D eigenvalue weighted by Gasteiger charge is -2.45. The van der Waals surface area contributed by atoms with E-state index in [-0.39, 0.29) is 5.97 Å². The Labute approximate surface area is 117 Å². The van der Waals surface area contributed by atoms with Crippen LogP contribution in [0.5, 0.6) is 0 Å². The lowest BCUT2D eigenvalue weighted by Crippen LogP contribution is -2.53. The molecule has 3 saturated heterocycles. The summed E-state index contributed by atoms with van der Waals surface area (Å²) in [5.74, 6) is 0.398. The van der Waals surface area contributed by atoms with E-state index >= 15 is 0 Å². The standard InChI is InChI=1S/C13H19N3O2S/c1-2-18-13(17)11-12(19-8-14-11)15-10-7-16-5-3-9(10)4-6-16/h8-10,15H,2-7H2,1H3. The van der Waals surface area contributed by atoms with E-state index < -0.39 is 0 Å². The van der Waals surface area contributed by atoms with E-state index in [9.17, 15) is 4.79 Å². The molecule has 0 aliphatic carbocycles. The van der Waals surface area contributed by atoms with E-state index in [1.165, 1.54) is 37.3 Å². The van der Waals surface area contributed by atoms with Crippen LogP contribution in [-0.2, 0) is 4.74 Å². The molecule has 0 amide bonds. The Kier molecular flexibility index (Phi) is 3.70. The maximum atomic E-state index is 11.8. The van der Waals surface area contributed by atoms with Gasteiger partial charge in [0.25, 0.3) is 0 Å². The fourth-order valence-corrected chi connectivity index (χ4v) is 3.72. The third-order valence-corrected chi connectivity index (χ3v) is 4.77. The number of rotatable bonds is 4. The van der Waals surface area contributed by atoms with Crippen molar-refractivity contribution in [3.63, 3.8) is 0 Å². The molecule has 0 aromatic carbocycles. The van der Waals surface area contributed by atoms with Crippen molar-refractivity contribution in [1.82, 2.24) is 9.88 Å². The first-order valence-corrected chi connectivity index (χ1v) is 7.75. The molecular formula is C13H19N3O2S. The van der Waals surface area contributed by atoms with Crippen LogP contribution in [0.2, 0.25) is 0 Å². The predicted octanol–water partition coefficient (Wildman–Crippen LogP) is 1.83. The van der Waals surface area contributed by atoms with Gasteiger partial charge in [0.2, 0.25) is 0 Å². The number of thiazole rings is 1. The number of esters is 1. The third-order valence-electron chi connectivity index (χ3n) is 4.01. The molecule has 3 aliphatic rings. The summed E-state index contributed by atoms with van der Waals surface area (Å²) in [6.07, 6.45) is 2.51. The van der Waals surface area contributed by atoms with Crippen molar-refractivity contribution in [2.75, 3.05) is 31.6 Å². The molecule has 1 aromatic rings. The first kappa shape index (κ1) is 12.9. The SMILES string of the molecule is CCOC(=O)c1ncsc1NC1CN2CCC1CC2. The van der Waals surface area contributed by atoms with Gasteiger partial charge >= 0.3 is 5.97 Å². The van der Waals surface area contributed by atoms with Gasteiger partial charge in [-0.3, -0.25) is 0 Å². The summed E-state index contributed by atoms with van der Waals surface area (Å²) in [6, 6.07) is 0.441. The summed E-state index contributed by atoms with van der Waals surface area (Å²) in [5.41, 5.74) is 2.14. The van der Waals surface area contributed by atoms with Crippen LogP contribution >= 0.6 is 11.3 Å². The Balaban J connectivity index is 1.70. The van der Waals surface area contributed by atoms with E-state index in [1.807, 2.05) is 6.92 Å².